The van der Waals surface area contributed by atoms with E-state index in [0.717, 1.165) is 5.56 Å². The number of fused-ring (bicyclic) bond motifs is 1. The first-order valence-electron chi connectivity index (χ1n) is 13.0. The second kappa shape index (κ2) is 10.4. The van der Waals surface area contributed by atoms with Crippen LogP contribution >= 0.6 is 0 Å². The van der Waals surface area contributed by atoms with E-state index in [1.165, 1.54) is 0 Å². The van der Waals surface area contributed by atoms with Crippen LogP contribution in [0.5, 0.6) is 5.75 Å². The Labute approximate surface area is 222 Å². The van der Waals surface area contributed by atoms with Crippen molar-refractivity contribution in [1.29, 1.82) is 0 Å². The molecule has 0 aliphatic heterocycles. The molecule has 1 unspecified atom stereocenters. The lowest BCUT2D eigenvalue weighted by Crippen LogP contribution is -2.32. The number of aliphatic imine (C=N–C) groups is 1. The van der Waals surface area contributed by atoms with Crippen molar-refractivity contribution in [3.8, 4) is 5.75 Å². The summed E-state index contributed by atoms with van der Waals surface area (Å²) in [5, 5.41) is 15.3. The molecule has 196 valence electrons. The number of nitrogens with zero attached hydrogens (tertiary/aromatic N) is 2. The molecule has 0 spiro atoms. The van der Waals surface area contributed by atoms with Crippen molar-refractivity contribution >= 4 is 23.0 Å². The van der Waals surface area contributed by atoms with Gasteiger partial charge in [-0.3, -0.25) is 14.6 Å². The van der Waals surface area contributed by atoms with E-state index in [1.54, 1.807) is 13.2 Å². The number of rotatable bonds is 6. The molecule has 5 rings (SSSR count). The molecule has 2 aromatic carbocycles. The van der Waals surface area contributed by atoms with Crippen molar-refractivity contribution in [2.75, 3.05) is 7.11 Å². The summed E-state index contributed by atoms with van der Waals surface area (Å²) in [6.45, 7) is 4.05. The van der Waals surface area contributed by atoms with Crippen molar-refractivity contribution in [3.05, 3.63) is 88.5 Å². The predicted octanol–water partition coefficient (Wildman–Crippen LogP) is 6.50. The SMILES string of the molecule is COc1cccc(N=C2CC(C)(C)CC(=O)/C2=C(/O)CCc2noc3c2C(=O)CC(c2ccccc2)C3)c1. The van der Waals surface area contributed by atoms with Gasteiger partial charge in [-0.2, -0.15) is 0 Å². The second-order valence-corrected chi connectivity index (χ2v) is 10.9. The molecule has 0 bridgehead atoms. The zero-order valence-electron chi connectivity index (χ0n) is 22.0. The molecule has 2 aliphatic rings. The monoisotopic (exact) mass is 512 g/mol. The molecule has 1 heterocycles. The van der Waals surface area contributed by atoms with Gasteiger partial charge in [-0.1, -0.05) is 55.4 Å². The number of allylic oxidation sites excluding steroid dienone is 2. The summed E-state index contributed by atoms with van der Waals surface area (Å²) in [4.78, 5) is 31.0. The molecule has 2 aliphatic carbocycles. The first-order valence-corrected chi connectivity index (χ1v) is 13.0. The van der Waals surface area contributed by atoms with Crippen LogP contribution in [0.4, 0.5) is 5.69 Å². The molecular weight excluding hydrogens is 480 g/mol. The lowest BCUT2D eigenvalue weighted by Gasteiger charge is -2.31. The van der Waals surface area contributed by atoms with E-state index in [0.29, 0.717) is 66.3 Å². The number of aliphatic hydroxyl groups is 1. The fourth-order valence-electron chi connectivity index (χ4n) is 5.48. The van der Waals surface area contributed by atoms with Gasteiger partial charge >= 0.3 is 0 Å². The van der Waals surface area contributed by atoms with Gasteiger partial charge in [-0.25, -0.2) is 0 Å². The Morgan fingerprint density at radius 1 is 1.08 bits per heavy atom. The van der Waals surface area contributed by atoms with Crippen molar-refractivity contribution in [3.63, 3.8) is 0 Å². The van der Waals surface area contributed by atoms with E-state index in [2.05, 4.69) is 5.16 Å². The van der Waals surface area contributed by atoms with Gasteiger partial charge in [0.15, 0.2) is 11.6 Å². The second-order valence-electron chi connectivity index (χ2n) is 10.9. The van der Waals surface area contributed by atoms with Crippen LogP contribution in [0.3, 0.4) is 0 Å². The highest BCUT2D eigenvalue weighted by Crippen LogP contribution is 2.38. The van der Waals surface area contributed by atoms with Crippen LogP contribution in [-0.4, -0.2) is 34.7 Å². The Hall–Kier alpha value is -4.00. The number of aliphatic hydroxyl groups excluding tert-OH is 1. The van der Waals surface area contributed by atoms with Crippen molar-refractivity contribution < 1.29 is 24.0 Å². The number of benzene rings is 2. The Morgan fingerprint density at radius 2 is 1.87 bits per heavy atom. The van der Waals surface area contributed by atoms with Gasteiger partial charge in [0.2, 0.25) is 0 Å². The highest BCUT2D eigenvalue weighted by Gasteiger charge is 2.37. The zero-order chi connectivity index (χ0) is 26.9. The molecule has 1 aromatic heterocycles. The number of hydrogen-bond acceptors (Lipinski definition) is 7. The van der Waals surface area contributed by atoms with Crippen LogP contribution in [0.2, 0.25) is 0 Å². The van der Waals surface area contributed by atoms with Gasteiger partial charge in [-0.15, -0.1) is 0 Å². The van der Waals surface area contributed by atoms with E-state index < -0.39 is 0 Å². The highest BCUT2D eigenvalue weighted by atomic mass is 16.5. The molecule has 0 radical (unpaired) electrons. The van der Waals surface area contributed by atoms with Gasteiger partial charge < -0.3 is 14.4 Å². The molecule has 38 heavy (non-hydrogen) atoms. The summed E-state index contributed by atoms with van der Waals surface area (Å²) in [6.07, 6.45) is 2.32. The zero-order valence-corrected chi connectivity index (χ0v) is 22.0. The maximum Gasteiger partial charge on any atom is 0.168 e. The van der Waals surface area contributed by atoms with Gasteiger partial charge in [0.25, 0.3) is 0 Å². The number of ketones is 2. The highest BCUT2D eigenvalue weighted by molar-refractivity contribution is 6.25. The number of ether oxygens (including phenoxy) is 1. The Morgan fingerprint density at radius 3 is 2.63 bits per heavy atom. The third kappa shape index (κ3) is 5.32. The summed E-state index contributed by atoms with van der Waals surface area (Å²) < 4.78 is 10.9. The molecule has 1 N–H and O–H groups in total. The number of carbonyl (C=O) groups excluding carboxylic acids is 2. The number of Topliss-reactive ketones (excluding diaryl/α,β-unsaturated/α-hetero) is 2. The minimum Gasteiger partial charge on any atom is -0.511 e. The lowest BCUT2D eigenvalue weighted by molar-refractivity contribution is -0.117. The Bertz CT molecular complexity index is 1430. The number of aryl methyl sites for hydroxylation is 1. The summed E-state index contributed by atoms with van der Waals surface area (Å²) in [5.74, 6) is 1.15. The van der Waals surface area contributed by atoms with Crippen molar-refractivity contribution in [1.82, 2.24) is 5.16 Å². The molecule has 7 nitrogen and oxygen atoms in total. The molecule has 0 amide bonds. The van der Waals surface area contributed by atoms with Crippen molar-refractivity contribution in [2.45, 2.75) is 58.3 Å². The fraction of sp³-hybridized carbons (Fsp3) is 0.355. The number of methoxy groups -OCH3 is 1. The van der Waals surface area contributed by atoms with Gasteiger partial charge in [0.05, 0.1) is 35.3 Å². The maximum atomic E-state index is 13.2. The largest absolute Gasteiger partial charge is 0.511 e. The predicted molar refractivity (Wildman–Crippen MR) is 144 cm³/mol. The summed E-state index contributed by atoms with van der Waals surface area (Å²) in [7, 11) is 1.59. The topological polar surface area (TPSA) is 102 Å². The minimum absolute atomic E-state index is 0.000681. The molecule has 1 saturated carbocycles. The van der Waals surface area contributed by atoms with Gasteiger partial charge in [0.1, 0.15) is 17.3 Å². The van der Waals surface area contributed by atoms with E-state index in [4.69, 9.17) is 14.3 Å². The van der Waals surface area contributed by atoms with Gasteiger partial charge in [0, 0.05) is 38.2 Å². The van der Waals surface area contributed by atoms with Crippen LogP contribution in [0, 0.1) is 5.41 Å². The van der Waals surface area contributed by atoms with Crippen LogP contribution in [0.25, 0.3) is 0 Å². The first-order chi connectivity index (χ1) is 18.2. The van der Waals surface area contributed by atoms with E-state index in [-0.39, 0.29) is 40.7 Å². The number of aromatic nitrogens is 1. The molecular formula is C31H32N2O5. The van der Waals surface area contributed by atoms with Crippen LogP contribution < -0.4 is 4.74 Å². The van der Waals surface area contributed by atoms with Crippen LogP contribution in [-0.2, 0) is 17.6 Å². The quantitative estimate of drug-likeness (QED) is 0.299. The standard InChI is InChI=1S/C31H32N2O5/c1-31(2)17-24(32-21-10-7-11-22(16-21)37-3)29(27(36)18-31)25(34)13-12-23-30-26(35)14-20(15-28(30)38-33-23)19-8-5-4-6-9-19/h4-11,16,20,34H,12-15,17-18H2,1-3H3/b29-25+,32-24?. The molecule has 7 heteroatoms. The lowest BCUT2D eigenvalue weighted by atomic mass is 9.73. The van der Waals surface area contributed by atoms with Gasteiger partial charge in [-0.05, 0) is 35.4 Å². The number of hydrogen-bond donors (Lipinski definition) is 1. The van der Waals surface area contributed by atoms with Crippen LogP contribution in [0.15, 0.2) is 75.4 Å². The third-order valence-corrected chi connectivity index (χ3v) is 7.30. The van der Waals surface area contributed by atoms with E-state index >= 15 is 0 Å². The normalized spacial score (nSPS) is 21.3. The van der Waals surface area contributed by atoms with Crippen LogP contribution in [0.1, 0.15) is 72.8 Å². The average Bonchev–Trinajstić information content (AvgIpc) is 3.30. The van der Waals surface area contributed by atoms with Crippen molar-refractivity contribution in [2.24, 2.45) is 10.4 Å². The molecule has 3 aromatic rings. The maximum absolute atomic E-state index is 13.2. The summed E-state index contributed by atoms with van der Waals surface area (Å²) >= 11 is 0. The van der Waals surface area contributed by atoms with E-state index in [1.807, 2.05) is 62.4 Å². The Kier molecular flexibility index (Phi) is 7.02. The minimum atomic E-state index is -0.272. The Balaban J connectivity index is 1.39. The average molecular weight is 513 g/mol. The molecule has 0 saturated heterocycles. The first kappa shape index (κ1) is 25.6. The summed E-state index contributed by atoms with van der Waals surface area (Å²) in [5.41, 5.74) is 3.36. The molecule has 1 fully saturated rings. The number of carbonyl (C=O) groups is 2. The molecule has 1 atom stereocenters. The fourth-order valence-corrected chi connectivity index (χ4v) is 5.48. The third-order valence-electron chi connectivity index (χ3n) is 7.30. The van der Waals surface area contributed by atoms with E-state index in [9.17, 15) is 14.7 Å². The smallest absolute Gasteiger partial charge is 0.168 e. The summed E-state index contributed by atoms with van der Waals surface area (Å²) in [6, 6.07) is 17.2.